The monoisotopic (exact) mass is 729 g/mol. The highest BCUT2D eigenvalue weighted by Gasteiger charge is 2.03. The number of aliphatic hydroxyl groups is 1. The number of aliphatic hydroxyl groups excluding tert-OH is 1. The van der Waals surface area contributed by atoms with E-state index in [0.717, 1.165) is 25.7 Å². The van der Waals surface area contributed by atoms with Gasteiger partial charge >= 0.3 is 17.9 Å². The Morgan fingerprint density at radius 2 is 0.647 bits per heavy atom. The molecule has 0 aromatic rings. The van der Waals surface area contributed by atoms with E-state index < -0.39 is 12.1 Å². The van der Waals surface area contributed by atoms with Gasteiger partial charge in [-0.15, -0.1) is 0 Å². The lowest BCUT2D eigenvalue weighted by Crippen LogP contribution is -2.13. The number of carboxylic acid groups (broad SMARTS) is 1. The molecule has 1 atom stereocenters. The lowest BCUT2D eigenvalue weighted by atomic mass is 10.0. The standard InChI is InChI=1S/C25H50O2.C16H32O2.C3H6O3/c1-3-5-7-9-10-11-12-13-14-15-16-17-18-19-20-22-24-27-25(26)23-21-8-6-4-2;1-3-5-6-7-8-9-10-11-12-13-14-15-16(17)18-4-2;1-2(4)3(5)6/h3-24H2,1-2H3;3-15H2,1-2H3;2,4H,1H3,(H,5,6). The van der Waals surface area contributed by atoms with Gasteiger partial charge in [-0.25, -0.2) is 4.79 Å². The Bertz CT molecular complexity index is 695. The first-order valence-electron chi connectivity index (χ1n) is 22.0. The Hall–Kier alpha value is -1.63. The highest BCUT2D eigenvalue weighted by atomic mass is 16.5. The minimum absolute atomic E-state index is 0.00654. The van der Waals surface area contributed by atoms with Gasteiger partial charge < -0.3 is 19.7 Å². The number of carbonyl (C=O) groups excluding carboxylic acids is 2. The minimum atomic E-state index is -1.23. The van der Waals surface area contributed by atoms with Crippen molar-refractivity contribution in [3.05, 3.63) is 0 Å². The fourth-order valence-electron chi connectivity index (χ4n) is 5.77. The van der Waals surface area contributed by atoms with E-state index in [-0.39, 0.29) is 11.9 Å². The Labute approximate surface area is 317 Å². The number of hydrogen-bond acceptors (Lipinski definition) is 6. The molecule has 0 heterocycles. The SMILES string of the molecule is CC(O)C(=O)O.CCCCCCCCCCCCCC(=O)OCC.CCCCCCCCCCCCCCCCCCOC(=O)CCCCCC. The average molecular weight is 729 g/mol. The van der Waals surface area contributed by atoms with Gasteiger partial charge in [0.2, 0.25) is 0 Å². The Morgan fingerprint density at radius 1 is 0.412 bits per heavy atom. The van der Waals surface area contributed by atoms with E-state index in [1.54, 1.807) is 0 Å². The summed E-state index contributed by atoms with van der Waals surface area (Å²) >= 11 is 0. The summed E-state index contributed by atoms with van der Waals surface area (Å²) in [6.45, 7) is 10.9. The molecule has 0 aromatic carbocycles. The van der Waals surface area contributed by atoms with Crippen molar-refractivity contribution in [3.63, 3.8) is 0 Å². The van der Waals surface area contributed by atoms with Crippen LogP contribution in [0.4, 0.5) is 0 Å². The summed E-state index contributed by atoms with van der Waals surface area (Å²) in [6, 6.07) is 0. The molecule has 306 valence electrons. The molecule has 0 saturated heterocycles. The molecule has 0 aliphatic carbocycles. The highest BCUT2D eigenvalue weighted by Crippen LogP contribution is 2.14. The number of aliphatic carboxylic acids is 1. The van der Waals surface area contributed by atoms with Crippen molar-refractivity contribution in [1.82, 2.24) is 0 Å². The van der Waals surface area contributed by atoms with E-state index in [4.69, 9.17) is 19.7 Å². The van der Waals surface area contributed by atoms with Crippen LogP contribution in [0, 0.1) is 0 Å². The van der Waals surface area contributed by atoms with E-state index in [1.807, 2.05) is 6.92 Å². The number of carboxylic acids is 1. The van der Waals surface area contributed by atoms with Crippen LogP contribution >= 0.6 is 0 Å². The lowest BCUT2D eigenvalue weighted by Gasteiger charge is -2.05. The molecule has 0 saturated carbocycles. The third kappa shape index (κ3) is 55.3. The summed E-state index contributed by atoms with van der Waals surface area (Å²) in [7, 11) is 0. The summed E-state index contributed by atoms with van der Waals surface area (Å²) in [4.78, 5) is 32.1. The molecule has 0 amide bonds. The van der Waals surface area contributed by atoms with E-state index in [2.05, 4.69) is 20.8 Å². The van der Waals surface area contributed by atoms with Gasteiger partial charge in [-0.1, -0.05) is 201 Å². The van der Waals surface area contributed by atoms with Crippen LogP contribution in [0.2, 0.25) is 0 Å². The van der Waals surface area contributed by atoms with Crippen molar-refractivity contribution in [2.24, 2.45) is 0 Å². The van der Waals surface area contributed by atoms with Crippen molar-refractivity contribution in [2.45, 2.75) is 253 Å². The van der Waals surface area contributed by atoms with E-state index in [9.17, 15) is 14.4 Å². The first kappa shape index (κ1) is 53.7. The molecule has 7 nitrogen and oxygen atoms in total. The first-order chi connectivity index (χ1) is 24.8. The zero-order chi connectivity index (χ0) is 38.5. The van der Waals surface area contributed by atoms with Crippen LogP contribution in [0.3, 0.4) is 0 Å². The van der Waals surface area contributed by atoms with Crippen molar-refractivity contribution in [1.29, 1.82) is 0 Å². The van der Waals surface area contributed by atoms with Crippen molar-refractivity contribution in [2.75, 3.05) is 13.2 Å². The number of hydrogen-bond donors (Lipinski definition) is 2. The topological polar surface area (TPSA) is 110 Å². The summed E-state index contributed by atoms with van der Waals surface area (Å²) in [5, 5.41) is 15.8. The Balaban J connectivity index is -0.000000821. The summed E-state index contributed by atoms with van der Waals surface area (Å²) in [5.74, 6) is -1.21. The van der Waals surface area contributed by atoms with Crippen molar-refractivity contribution < 1.29 is 34.1 Å². The van der Waals surface area contributed by atoms with Gasteiger partial charge in [0.05, 0.1) is 13.2 Å². The molecule has 2 N–H and O–H groups in total. The zero-order valence-electron chi connectivity index (χ0n) is 34.8. The van der Waals surface area contributed by atoms with E-state index in [0.29, 0.717) is 26.1 Å². The molecule has 1 unspecified atom stereocenters. The first-order valence-corrected chi connectivity index (χ1v) is 22.0. The van der Waals surface area contributed by atoms with Crippen molar-refractivity contribution in [3.8, 4) is 0 Å². The molecule has 0 radical (unpaired) electrons. The zero-order valence-corrected chi connectivity index (χ0v) is 34.8. The number of carbonyl (C=O) groups is 3. The maximum Gasteiger partial charge on any atom is 0.332 e. The van der Waals surface area contributed by atoms with Gasteiger partial charge in [0.15, 0.2) is 0 Å². The van der Waals surface area contributed by atoms with Crippen LogP contribution in [0.15, 0.2) is 0 Å². The van der Waals surface area contributed by atoms with Crippen LogP contribution < -0.4 is 0 Å². The second-order valence-corrected chi connectivity index (χ2v) is 14.4. The largest absolute Gasteiger partial charge is 0.479 e. The summed E-state index contributed by atoms with van der Waals surface area (Å²) < 4.78 is 10.2. The highest BCUT2D eigenvalue weighted by molar-refractivity contribution is 5.71. The minimum Gasteiger partial charge on any atom is -0.479 e. The molecule has 51 heavy (non-hydrogen) atoms. The van der Waals surface area contributed by atoms with E-state index >= 15 is 0 Å². The molecule has 0 rings (SSSR count). The van der Waals surface area contributed by atoms with Crippen LogP contribution in [0.25, 0.3) is 0 Å². The third-order valence-corrected chi connectivity index (χ3v) is 9.14. The molecule has 7 heteroatoms. The summed E-state index contributed by atoms with van der Waals surface area (Å²) in [5.41, 5.74) is 0. The number of rotatable bonds is 36. The molecular formula is C44H88O7. The smallest absolute Gasteiger partial charge is 0.332 e. The molecule has 0 fully saturated rings. The molecule has 0 aliphatic rings. The Morgan fingerprint density at radius 3 is 0.922 bits per heavy atom. The fraction of sp³-hybridized carbons (Fsp3) is 0.932. The van der Waals surface area contributed by atoms with Crippen LogP contribution in [-0.4, -0.2) is 47.4 Å². The predicted molar refractivity (Wildman–Crippen MR) is 216 cm³/mol. The third-order valence-electron chi connectivity index (χ3n) is 9.14. The van der Waals surface area contributed by atoms with Gasteiger partial charge in [-0.2, -0.15) is 0 Å². The number of esters is 2. The maximum absolute atomic E-state index is 11.5. The second-order valence-electron chi connectivity index (χ2n) is 14.4. The molecule has 0 aliphatic heterocycles. The van der Waals surface area contributed by atoms with Crippen molar-refractivity contribution >= 4 is 17.9 Å². The second kappa shape index (κ2) is 48.4. The fourth-order valence-corrected chi connectivity index (χ4v) is 5.77. The Kier molecular flexibility index (Phi) is 51.0. The van der Waals surface area contributed by atoms with Crippen LogP contribution in [-0.2, 0) is 23.9 Å². The number of ether oxygens (including phenoxy) is 2. The number of unbranched alkanes of at least 4 members (excludes halogenated alkanes) is 28. The quantitative estimate of drug-likeness (QED) is 0.0488. The maximum atomic E-state index is 11.5. The van der Waals surface area contributed by atoms with Gasteiger partial charge in [0, 0.05) is 12.8 Å². The lowest BCUT2D eigenvalue weighted by molar-refractivity contribution is -0.146. The van der Waals surface area contributed by atoms with E-state index in [1.165, 1.54) is 180 Å². The predicted octanol–water partition coefficient (Wildman–Crippen LogP) is 13.5. The normalized spacial score (nSPS) is 11.2. The van der Waals surface area contributed by atoms with Gasteiger partial charge in [-0.05, 0) is 33.1 Å². The van der Waals surface area contributed by atoms with Crippen LogP contribution in [0.5, 0.6) is 0 Å². The molecular weight excluding hydrogens is 640 g/mol. The van der Waals surface area contributed by atoms with Gasteiger partial charge in [-0.3, -0.25) is 9.59 Å². The van der Waals surface area contributed by atoms with Crippen LogP contribution in [0.1, 0.15) is 247 Å². The van der Waals surface area contributed by atoms with Gasteiger partial charge in [0.25, 0.3) is 0 Å². The molecule has 0 bridgehead atoms. The molecule has 0 spiro atoms. The van der Waals surface area contributed by atoms with Gasteiger partial charge in [0.1, 0.15) is 6.10 Å². The summed E-state index contributed by atoms with van der Waals surface area (Å²) in [6.07, 6.45) is 41.1. The average Bonchev–Trinajstić information content (AvgIpc) is 3.11. The molecule has 0 aromatic heterocycles.